The van der Waals surface area contributed by atoms with Crippen molar-refractivity contribution in [1.82, 2.24) is 14.7 Å². The largest absolute Gasteiger partial charge is 0.342 e. The SMILES string of the molecule is C#C.CC(=O)/C(C)=C/C1=C(C)C2(CCN(C(=O)[C@@H]3CN(C(C)(C)C)C[C@H]3c3ccc(F)cc3F)CC2)[C@H](N(C(C)=O)C(C)C)CC1. The van der Waals surface area contributed by atoms with Crippen LogP contribution in [0, 0.1) is 35.8 Å². The van der Waals surface area contributed by atoms with Gasteiger partial charge in [0, 0.05) is 68.1 Å². The summed E-state index contributed by atoms with van der Waals surface area (Å²) < 4.78 is 28.9. The maximum atomic E-state index is 15.1. The number of hydrogen-bond donors (Lipinski definition) is 0. The Kier molecular flexibility index (Phi) is 11.8. The summed E-state index contributed by atoms with van der Waals surface area (Å²) in [6.45, 7) is 19.7. The molecule has 0 aromatic heterocycles. The van der Waals surface area contributed by atoms with E-state index in [-0.39, 0.29) is 46.6 Å². The third-order valence-corrected chi connectivity index (χ3v) is 10.7. The number of allylic oxidation sites excluding steroid dienone is 3. The van der Waals surface area contributed by atoms with Crippen LogP contribution in [0.25, 0.3) is 0 Å². The molecule has 3 atom stereocenters. The van der Waals surface area contributed by atoms with Crippen LogP contribution in [-0.2, 0) is 14.4 Å². The van der Waals surface area contributed by atoms with Crippen LogP contribution in [0.5, 0.6) is 0 Å². The number of benzene rings is 1. The molecule has 6 nitrogen and oxygen atoms in total. The predicted molar refractivity (Wildman–Crippen MR) is 180 cm³/mol. The standard InChI is InChI=1S/C36H51F2N3O3.C2H2/c1-22(2)41(26(6)43)33-13-10-27(18-23(3)25(5)42)24(4)36(33)14-16-39(17-15-36)34(44)31-21-40(35(7,8)9)20-30(31)29-12-11-28(37)19-32(29)38;1-2/h11-12,18-19,22,30-31,33H,10,13-17,20-21H2,1-9H3;1-2H/b23-18+;/t30-,31+,33+;/m0./s1. The lowest BCUT2D eigenvalue weighted by molar-refractivity contribution is -0.143. The second kappa shape index (κ2) is 14.6. The minimum atomic E-state index is -0.625. The molecule has 2 amide bonds. The highest BCUT2D eigenvalue weighted by molar-refractivity contribution is 5.93. The van der Waals surface area contributed by atoms with Crippen LogP contribution in [-0.4, -0.2) is 76.1 Å². The van der Waals surface area contributed by atoms with Gasteiger partial charge in [0.15, 0.2) is 5.78 Å². The van der Waals surface area contributed by atoms with Gasteiger partial charge >= 0.3 is 0 Å². The van der Waals surface area contributed by atoms with E-state index in [2.05, 4.69) is 59.3 Å². The number of carbonyl (C=O) groups is 3. The zero-order valence-corrected chi connectivity index (χ0v) is 29.3. The van der Waals surface area contributed by atoms with Crippen molar-refractivity contribution < 1.29 is 23.2 Å². The second-order valence-corrected chi connectivity index (χ2v) is 14.5. The zero-order valence-electron chi connectivity index (χ0n) is 29.3. The molecule has 2 heterocycles. The summed E-state index contributed by atoms with van der Waals surface area (Å²) in [5, 5.41) is 0. The molecule has 1 aromatic rings. The fraction of sp³-hybridized carbons (Fsp3) is 0.605. The molecule has 0 bridgehead atoms. The number of halogens is 2. The van der Waals surface area contributed by atoms with Crippen molar-refractivity contribution in [3.8, 4) is 12.8 Å². The van der Waals surface area contributed by atoms with Crippen molar-refractivity contribution in [2.45, 2.75) is 112 Å². The molecule has 2 fully saturated rings. The Bertz CT molecular complexity index is 1400. The number of Topliss-reactive ketones (excluding diaryl/α,β-unsaturated/α-hetero) is 1. The highest BCUT2D eigenvalue weighted by Gasteiger charge is 2.51. The van der Waals surface area contributed by atoms with E-state index < -0.39 is 17.6 Å². The summed E-state index contributed by atoms with van der Waals surface area (Å²) in [5.41, 5.74) is 2.95. The number of hydrogen-bond acceptors (Lipinski definition) is 4. The summed E-state index contributed by atoms with van der Waals surface area (Å²) in [5.74, 6) is -1.94. The van der Waals surface area contributed by atoms with Crippen LogP contribution in [0.4, 0.5) is 8.78 Å². The Balaban J connectivity index is 0.00000282. The summed E-state index contributed by atoms with van der Waals surface area (Å²) >= 11 is 0. The van der Waals surface area contributed by atoms with Gasteiger partial charge in [-0.2, -0.15) is 0 Å². The molecule has 252 valence electrons. The first-order valence-electron chi connectivity index (χ1n) is 16.5. The zero-order chi connectivity index (χ0) is 34.7. The monoisotopic (exact) mass is 637 g/mol. The van der Waals surface area contributed by atoms with Gasteiger partial charge in [-0.15, -0.1) is 12.8 Å². The number of carbonyl (C=O) groups excluding carboxylic acids is 3. The van der Waals surface area contributed by atoms with Crippen molar-refractivity contribution in [2.24, 2.45) is 11.3 Å². The van der Waals surface area contributed by atoms with Crippen molar-refractivity contribution in [3.05, 3.63) is 58.2 Å². The van der Waals surface area contributed by atoms with Gasteiger partial charge in [0.05, 0.1) is 5.92 Å². The van der Waals surface area contributed by atoms with E-state index >= 15 is 4.39 Å². The molecule has 8 heteroatoms. The number of ketones is 1. The molecule has 0 radical (unpaired) electrons. The van der Waals surface area contributed by atoms with E-state index in [4.69, 9.17) is 0 Å². The third kappa shape index (κ3) is 7.46. The van der Waals surface area contributed by atoms with Crippen LogP contribution in [0.3, 0.4) is 0 Å². The second-order valence-electron chi connectivity index (χ2n) is 14.5. The number of terminal acetylenes is 1. The van der Waals surface area contributed by atoms with Gasteiger partial charge in [-0.25, -0.2) is 8.78 Å². The van der Waals surface area contributed by atoms with E-state index in [1.807, 2.05) is 22.8 Å². The first-order valence-corrected chi connectivity index (χ1v) is 16.5. The molecule has 0 N–H and O–H groups in total. The maximum absolute atomic E-state index is 15.1. The van der Waals surface area contributed by atoms with Crippen LogP contribution >= 0.6 is 0 Å². The first kappa shape index (κ1) is 37.2. The van der Waals surface area contributed by atoms with Gasteiger partial charge in [-0.1, -0.05) is 17.7 Å². The topological polar surface area (TPSA) is 60.9 Å². The Morgan fingerprint density at radius 3 is 2.15 bits per heavy atom. The minimum Gasteiger partial charge on any atom is -0.342 e. The summed E-state index contributed by atoms with van der Waals surface area (Å²) in [4.78, 5) is 45.5. The van der Waals surface area contributed by atoms with Crippen LogP contribution in [0.2, 0.25) is 0 Å². The van der Waals surface area contributed by atoms with E-state index in [0.717, 1.165) is 30.1 Å². The molecular weight excluding hydrogens is 584 g/mol. The van der Waals surface area contributed by atoms with E-state index in [9.17, 15) is 18.8 Å². The number of amides is 2. The molecule has 4 rings (SSSR count). The third-order valence-electron chi connectivity index (χ3n) is 10.7. The van der Waals surface area contributed by atoms with Crippen molar-refractivity contribution >= 4 is 17.6 Å². The molecule has 46 heavy (non-hydrogen) atoms. The summed E-state index contributed by atoms with van der Waals surface area (Å²) in [7, 11) is 0. The smallest absolute Gasteiger partial charge is 0.227 e. The first-order chi connectivity index (χ1) is 21.5. The normalized spacial score (nSPS) is 23.7. The van der Waals surface area contributed by atoms with Gasteiger partial charge in [0.1, 0.15) is 11.6 Å². The lowest BCUT2D eigenvalue weighted by Gasteiger charge is -2.54. The molecule has 1 aliphatic carbocycles. The number of piperidine rings is 1. The molecule has 1 spiro atoms. The lowest BCUT2D eigenvalue weighted by Crippen LogP contribution is -2.59. The Morgan fingerprint density at radius 2 is 1.65 bits per heavy atom. The average Bonchev–Trinajstić information content (AvgIpc) is 3.43. The van der Waals surface area contributed by atoms with Gasteiger partial charge in [0.25, 0.3) is 0 Å². The van der Waals surface area contributed by atoms with Crippen LogP contribution in [0.15, 0.2) is 41.0 Å². The minimum absolute atomic E-state index is 0.00374. The Hall–Kier alpha value is -3.31. The van der Waals surface area contributed by atoms with Gasteiger partial charge < -0.3 is 9.80 Å². The highest BCUT2D eigenvalue weighted by atomic mass is 19.1. The molecule has 0 unspecified atom stereocenters. The van der Waals surface area contributed by atoms with Crippen molar-refractivity contribution in [1.29, 1.82) is 0 Å². The van der Waals surface area contributed by atoms with Gasteiger partial charge in [-0.05, 0) is 104 Å². The molecular formula is C38H53F2N3O3. The number of nitrogens with zero attached hydrogens (tertiary/aromatic N) is 3. The maximum Gasteiger partial charge on any atom is 0.227 e. The molecule has 0 saturated carbocycles. The highest BCUT2D eigenvalue weighted by Crippen LogP contribution is 2.51. The Labute approximate surface area is 275 Å². The van der Waals surface area contributed by atoms with Crippen molar-refractivity contribution in [2.75, 3.05) is 26.2 Å². The predicted octanol–water partition coefficient (Wildman–Crippen LogP) is 6.91. The molecule has 2 saturated heterocycles. The van der Waals surface area contributed by atoms with Gasteiger partial charge in [-0.3, -0.25) is 19.3 Å². The lowest BCUT2D eigenvalue weighted by atomic mass is 9.61. The fourth-order valence-electron chi connectivity index (χ4n) is 8.01. The fourth-order valence-corrected chi connectivity index (χ4v) is 8.01. The summed E-state index contributed by atoms with van der Waals surface area (Å²) in [6, 6.07) is 3.71. The quantitative estimate of drug-likeness (QED) is 0.251. The van der Waals surface area contributed by atoms with Crippen LogP contribution < -0.4 is 0 Å². The molecule has 2 aliphatic heterocycles. The van der Waals surface area contributed by atoms with Gasteiger partial charge in [0.2, 0.25) is 11.8 Å². The number of likely N-dealkylation sites (tertiary alicyclic amines) is 2. The van der Waals surface area contributed by atoms with E-state index in [0.29, 0.717) is 44.6 Å². The average molecular weight is 638 g/mol. The number of rotatable bonds is 6. The molecule has 1 aromatic carbocycles. The Morgan fingerprint density at radius 1 is 1.04 bits per heavy atom. The molecule has 3 aliphatic rings. The summed E-state index contributed by atoms with van der Waals surface area (Å²) in [6.07, 6.45) is 13.0. The van der Waals surface area contributed by atoms with Crippen LogP contribution in [0.1, 0.15) is 99.5 Å². The van der Waals surface area contributed by atoms with E-state index in [1.165, 1.54) is 17.7 Å². The van der Waals surface area contributed by atoms with Crippen molar-refractivity contribution in [3.63, 3.8) is 0 Å². The van der Waals surface area contributed by atoms with E-state index in [1.54, 1.807) is 13.8 Å².